The van der Waals surface area contributed by atoms with Crippen LogP contribution in [0.25, 0.3) is 0 Å². The summed E-state index contributed by atoms with van der Waals surface area (Å²) in [4.78, 5) is 26.6. The molecule has 192 valence electrons. The molecule has 0 bridgehead atoms. The molecule has 0 spiro atoms. The summed E-state index contributed by atoms with van der Waals surface area (Å²) in [5.74, 6) is 0.0197. The summed E-state index contributed by atoms with van der Waals surface area (Å²) >= 11 is 0. The van der Waals surface area contributed by atoms with Gasteiger partial charge in [0.05, 0.1) is 11.6 Å². The van der Waals surface area contributed by atoms with Crippen LogP contribution in [0.4, 0.5) is 5.69 Å². The van der Waals surface area contributed by atoms with E-state index in [1.54, 1.807) is 0 Å². The first-order chi connectivity index (χ1) is 18.4. The lowest BCUT2D eigenvalue weighted by molar-refractivity contribution is -0.121. The highest BCUT2D eigenvalue weighted by Gasteiger charge is 2.29. The van der Waals surface area contributed by atoms with Gasteiger partial charge in [-0.2, -0.15) is 5.10 Å². The van der Waals surface area contributed by atoms with Crippen molar-refractivity contribution in [3.05, 3.63) is 124 Å². The van der Waals surface area contributed by atoms with E-state index in [1.807, 2.05) is 99.6 Å². The Morgan fingerprint density at radius 2 is 1.53 bits per heavy atom. The molecule has 2 N–H and O–H groups in total. The van der Waals surface area contributed by atoms with Gasteiger partial charge in [0.1, 0.15) is 5.76 Å². The van der Waals surface area contributed by atoms with Gasteiger partial charge in [-0.15, -0.1) is 0 Å². The molecular formula is C32H31N3O3. The van der Waals surface area contributed by atoms with Crippen LogP contribution in [-0.4, -0.2) is 17.5 Å². The summed E-state index contributed by atoms with van der Waals surface area (Å²) in [6.07, 6.45) is 2.23. The van der Waals surface area contributed by atoms with Gasteiger partial charge < -0.3 is 9.73 Å². The molecule has 6 nitrogen and oxygen atoms in total. The lowest BCUT2D eigenvalue weighted by atomic mass is 9.90. The first-order valence-corrected chi connectivity index (χ1v) is 12.9. The molecule has 0 atom stereocenters. The minimum absolute atomic E-state index is 0.212. The fourth-order valence-electron chi connectivity index (χ4n) is 5.02. The SMILES string of the molecule is Cc1ccc(C)c(NC(=O)c2oc3c(c2C)/C(=N/NC(=O)C(c2ccccc2)c2ccccc2)CCC3)c1. The van der Waals surface area contributed by atoms with Crippen molar-refractivity contribution in [3.8, 4) is 0 Å². The van der Waals surface area contributed by atoms with E-state index in [0.29, 0.717) is 6.42 Å². The maximum atomic E-state index is 13.5. The highest BCUT2D eigenvalue weighted by atomic mass is 16.4. The topological polar surface area (TPSA) is 83.7 Å². The molecule has 0 saturated carbocycles. The van der Waals surface area contributed by atoms with E-state index >= 15 is 0 Å². The van der Waals surface area contributed by atoms with Crippen molar-refractivity contribution in [3.63, 3.8) is 0 Å². The number of carbonyl (C=O) groups is 2. The number of carbonyl (C=O) groups excluding carboxylic acids is 2. The zero-order valence-corrected chi connectivity index (χ0v) is 21.9. The predicted molar refractivity (Wildman–Crippen MR) is 150 cm³/mol. The number of nitrogens with one attached hydrogen (secondary N) is 2. The molecule has 0 aliphatic heterocycles. The first kappa shape index (κ1) is 25.2. The molecule has 1 heterocycles. The van der Waals surface area contributed by atoms with Crippen molar-refractivity contribution in [2.45, 2.75) is 46.0 Å². The molecule has 2 amide bonds. The molecule has 1 aromatic heterocycles. The number of rotatable bonds is 6. The van der Waals surface area contributed by atoms with Crippen LogP contribution in [0.1, 0.15) is 68.5 Å². The second-order valence-corrected chi connectivity index (χ2v) is 9.77. The zero-order chi connectivity index (χ0) is 26.6. The van der Waals surface area contributed by atoms with Crippen LogP contribution in [0.5, 0.6) is 0 Å². The molecule has 1 aliphatic carbocycles. The maximum absolute atomic E-state index is 13.5. The molecule has 6 heteroatoms. The van der Waals surface area contributed by atoms with Crippen LogP contribution >= 0.6 is 0 Å². The van der Waals surface area contributed by atoms with E-state index in [2.05, 4.69) is 15.8 Å². The van der Waals surface area contributed by atoms with Crippen molar-refractivity contribution in [1.29, 1.82) is 0 Å². The van der Waals surface area contributed by atoms with Gasteiger partial charge in [0.25, 0.3) is 11.8 Å². The second kappa shape index (κ2) is 10.9. The van der Waals surface area contributed by atoms with Gasteiger partial charge in [-0.3, -0.25) is 9.59 Å². The van der Waals surface area contributed by atoms with E-state index in [1.165, 1.54) is 0 Å². The van der Waals surface area contributed by atoms with Crippen molar-refractivity contribution < 1.29 is 14.0 Å². The summed E-state index contributed by atoms with van der Waals surface area (Å²) in [6.45, 7) is 5.82. The molecule has 0 radical (unpaired) electrons. The Morgan fingerprint density at radius 3 is 2.18 bits per heavy atom. The minimum Gasteiger partial charge on any atom is -0.455 e. The molecule has 38 heavy (non-hydrogen) atoms. The van der Waals surface area contributed by atoms with Gasteiger partial charge in [-0.1, -0.05) is 72.8 Å². The van der Waals surface area contributed by atoms with Gasteiger partial charge in [0, 0.05) is 23.2 Å². The van der Waals surface area contributed by atoms with Crippen LogP contribution in [0.15, 0.2) is 88.4 Å². The fraction of sp³-hybridized carbons (Fsp3) is 0.219. The van der Waals surface area contributed by atoms with E-state index in [9.17, 15) is 9.59 Å². The Labute approximate surface area is 222 Å². The average molecular weight is 506 g/mol. The Balaban J connectivity index is 1.41. The number of benzene rings is 3. The van der Waals surface area contributed by atoms with Crippen LogP contribution in [0, 0.1) is 20.8 Å². The van der Waals surface area contributed by atoms with Crippen LogP contribution in [0.2, 0.25) is 0 Å². The van der Waals surface area contributed by atoms with Gasteiger partial charge in [-0.25, -0.2) is 5.43 Å². The van der Waals surface area contributed by atoms with Gasteiger partial charge >= 0.3 is 0 Å². The summed E-state index contributed by atoms with van der Waals surface area (Å²) < 4.78 is 6.06. The summed E-state index contributed by atoms with van der Waals surface area (Å²) in [5, 5.41) is 7.56. The Morgan fingerprint density at radius 1 is 0.868 bits per heavy atom. The zero-order valence-electron chi connectivity index (χ0n) is 21.9. The third-order valence-corrected chi connectivity index (χ3v) is 7.00. The standard InChI is InChI=1S/C32H31N3O3/c1-20-17-18-21(2)26(19-20)33-32(37)30-22(3)28-25(15-10-16-27(28)38-30)34-35-31(36)29(23-11-6-4-7-12-23)24-13-8-5-9-14-24/h4-9,11-14,17-19,29H,10,15-16H2,1-3H3,(H,33,37)(H,35,36)/b34-25+. The summed E-state index contributed by atoms with van der Waals surface area (Å²) in [6, 6.07) is 25.3. The molecule has 3 aromatic carbocycles. The smallest absolute Gasteiger partial charge is 0.291 e. The van der Waals surface area contributed by atoms with Crippen molar-refractivity contribution >= 4 is 23.2 Å². The van der Waals surface area contributed by atoms with Gasteiger partial charge in [0.15, 0.2) is 5.76 Å². The largest absolute Gasteiger partial charge is 0.455 e. The summed E-state index contributed by atoms with van der Waals surface area (Å²) in [7, 11) is 0. The molecule has 5 rings (SSSR count). The van der Waals surface area contributed by atoms with Crippen molar-refractivity contribution in [2.75, 3.05) is 5.32 Å². The van der Waals surface area contributed by atoms with Gasteiger partial charge in [0.2, 0.25) is 0 Å². The van der Waals surface area contributed by atoms with Crippen LogP contribution < -0.4 is 10.7 Å². The Bertz CT molecular complexity index is 1460. The fourth-order valence-corrected chi connectivity index (χ4v) is 5.02. The molecule has 0 unspecified atom stereocenters. The van der Waals surface area contributed by atoms with Gasteiger partial charge in [-0.05, 0) is 61.9 Å². The molecule has 1 aliphatic rings. The molecule has 4 aromatic rings. The molecule has 0 saturated heterocycles. The number of anilines is 1. The Kier molecular flexibility index (Phi) is 7.22. The lowest BCUT2D eigenvalue weighted by Crippen LogP contribution is -2.28. The quantitative estimate of drug-likeness (QED) is 0.296. The number of hydrogen-bond donors (Lipinski definition) is 2. The van der Waals surface area contributed by atoms with E-state index < -0.39 is 5.92 Å². The number of hydrazone groups is 1. The normalized spacial score (nSPS) is 13.8. The third-order valence-electron chi connectivity index (χ3n) is 7.00. The predicted octanol–water partition coefficient (Wildman–Crippen LogP) is 6.45. The molecular weight excluding hydrogens is 474 g/mol. The number of aryl methyl sites for hydroxylation is 3. The maximum Gasteiger partial charge on any atom is 0.291 e. The van der Waals surface area contributed by atoms with Crippen molar-refractivity contribution in [2.24, 2.45) is 5.10 Å². The van der Waals surface area contributed by atoms with E-state index in [0.717, 1.165) is 63.4 Å². The first-order valence-electron chi connectivity index (χ1n) is 12.9. The number of nitrogens with zero attached hydrogens (tertiary/aromatic N) is 1. The molecule has 0 fully saturated rings. The van der Waals surface area contributed by atoms with E-state index in [-0.39, 0.29) is 17.6 Å². The third kappa shape index (κ3) is 5.16. The lowest BCUT2D eigenvalue weighted by Gasteiger charge is -2.18. The number of fused-ring (bicyclic) bond motifs is 1. The average Bonchev–Trinajstić information content (AvgIpc) is 3.28. The monoisotopic (exact) mass is 505 g/mol. The summed E-state index contributed by atoms with van der Waals surface area (Å²) in [5.41, 5.74) is 9.69. The number of amides is 2. The minimum atomic E-state index is -0.492. The highest BCUT2D eigenvalue weighted by molar-refractivity contribution is 6.09. The number of hydrogen-bond acceptors (Lipinski definition) is 4. The van der Waals surface area contributed by atoms with Crippen LogP contribution in [-0.2, 0) is 11.2 Å². The van der Waals surface area contributed by atoms with Crippen molar-refractivity contribution in [1.82, 2.24) is 5.43 Å². The second-order valence-electron chi connectivity index (χ2n) is 9.77. The highest BCUT2D eigenvalue weighted by Crippen LogP contribution is 2.31. The van der Waals surface area contributed by atoms with E-state index in [4.69, 9.17) is 4.42 Å². The number of furan rings is 1. The Hall–Kier alpha value is -4.45. The van der Waals surface area contributed by atoms with Crippen LogP contribution in [0.3, 0.4) is 0 Å².